The summed E-state index contributed by atoms with van der Waals surface area (Å²) in [6.45, 7) is 3.94. The molecule has 2 aliphatic rings. The smallest absolute Gasteiger partial charge is 0.407 e. The summed E-state index contributed by atoms with van der Waals surface area (Å²) in [5.41, 5.74) is 8.07. The molecule has 38 heavy (non-hydrogen) atoms. The van der Waals surface area contributed by atoms with Gasteiger partial charge in [0.05, 0.1) is 17.1 Å². The van der Waals surface area contributed by atoms with E-state index in [0.717, 1.165) is 35.4 Å². The number of carbonyl (C=O) groups excluding carboxylic acids is 3. The van der Waals surface area contributed by atoms with Crippen molar-refractivity contribution in [1.29, 1.82) is 0 Å². The third-order valence-corrected chi connectivity index (χ3v) is 7.52. The largest absolute Gasteiger partial charge is 0.446 e. The van der Waals surface area contributed by atoms with Crippen molar-refractivity contribution in [3.05, 3.63) is 57.3 Å². The molecule has 202 valence electrons. The average Bonchev–Trinajstić information content (AvgIpc) is 3.19. The van der Waals surface area contributed by atoms with Crippen LogP contribution in [0.1, 0.15) is 65.6 Å². The molecular weight excluding hydrogens is 502 g/mol. The number of nitrogens with one attached hydrogen (secondary N) is 2. The molecule has 10 heteroatoms. The number of nitrogens with zero attached hydrogens (tertiary/aromatic N) is 2. The second-order valence-corrected chi connectivity index (χ2v) is 10.7. The summed E-state index contributed by atoms with van der Waals surface area (Å²) in [6, 6.07) is 11.0. The molecule has 2 aromatic rings. The Hall–Kier alpha value is -3.66. The van der Waals surface area contributed by atoms with Gasteiger partial charge < -0.3 is 26.0 Å². The summed E-state index contributed by atoms with van der Waals surface area (Å²) in [6.07, 6.45) is 6.21. The van der Waals surface area contributed by atoms with Gasteiger partial charge in [-0.1, -0.05) is 25.1 Å². The fraction of sp³-hybridized carbons (Fsp3) is 0.429. The molecule has 1 saturated carbocycles. The molecule has 0 unspecified atom stereocenters. The second-order valence-electron chi connectivity index (χ2n) is 9.49. The molecule has 2 heterocycles. The number of fused-ring (bicyclic) bond motifs is 1. The molecule has 1 fully saturated rings. The van der Waals surface area contributed by atoms with Gasteiger partial charge in [-0.2, -0.15) is 0 Å². The Labute approximate surface area is 227 Å². The topological polar surface area (TPSA) is 126 Å². The molecule has 0 radical (unpaired) electrons. The lowest BCUT2D eigenvalue weighted by molar-refractivity contribution is -0.127. The number of amidine groups is 1. The number of ether oxygens (including phenoxy) is 1. The highest BCUT2D eigenvalue weighted by atomic mass is 32.1. The van der Waals surface area contributed by atoms with Gasteiger partial charge in [0.25, 0.3) is 5.91 Å². The zero-order chi connectivity index (χ0) is 26.9. The van der Waals surface area contributed by atoms with Crippen LogP contribution in [0.3, 0.4) is 0 Å². The van der Waals surface area contributed by atoms with E-state index in [0.29, 0.717) is 55.3 Å². The summed E-state index contributed by atoms with van der Waals surface area (Å²) in [5, 5.41) is 5.71. The molecule has 0 bridgehead atoms. The van der Waals surface area contributed by atoms with E-state index in [2.05, 4.69) is 15.6 Å². The summed E-state index contributed by atoms with van der Waals surface area (Å²) < 4.78 is 5.31. The molecule has 4 rings (SSSR count). The number of hydrogen-bond acceptors (Lipinski definition) is 7. The minimum Gasteiger partial charge on any atom is -0.446 e. The Bertz CT molecular complexity index is 1200. The first-order valence-electron chi connectivity index (χ1n) is 13.2. The first kappa shape index (κ1) is 27.4. The number of hydrogen-bond donors (Lipinski definition) is 3. The van der Waals surface area contributed by atoms with Crippen LogP contribution in [0, 0.1) is 0 Å². The van der Waals surface area contributed by atoms with Crippen molar-refractivity contribution in [3.8, 4) is 0 Å². The lowest BCUT2D eigenvalue weighted by Gasteiger charge is -2.25. The average molecular weight is 538 g/mol. The first-order valence-corrected chi connectivity index (χ1v) is 14.0. The lowest BCUT2D eigenvalue weighted by Crippen LogP contribution is -2.37. The number of amides is 3. The number of nitrogens with two attached hydrogens (primary N) is 1. The van der Waals surface area contributed by atoms with Crippen molar-refractivity contribution in [2.24, 2.45) is 10.7 Å². The minimum atomic E-state index is -0.389. The molecule has 1 aromatic heterocycles. The summed E-state index contributed by atoms with van der Waals surface area (Å²) in [5.74, 6) is 0.143. The van der Waals surface area contributed by atoms with Crippen LogP contribution in [0.5, 0.6) is 0 Å². The first-order chi connectivity index (χ1) is 18.4. The fourth-order valence-electron chi connectivity index (χ4n) is 4.25. The predicted octanol–water partition coefficient (Wildman–Crippen LogP) is 4.36. The van der Waals surface area contributed by atoms with Gasteiger partial charge in [-0.25, -0.2) is 9.79 Å². The van der Waals surface area contributed by atoms with Gasteiger partial charge in [-0.3, -0.25) is 9.59 Å². The quantitative estimate of drug-likeness (QED) is 0.367. The van der Waals surface area contributed by atoms with Gasteiger partial charge in [0.1, 0.15) is 11.9 Å². The third-order valence-electron chi connectivity index (χ3n) is 6.45. The molecule has 0 spiro atoms. The van der Waals surface area contributed by atoms with Crippen LogP contribution in [-0.4, -0.2) is 54.4 Å². The van der Waals surface area contributed by atoms with Gasteiger partial charge in [0.2, 0.25) is 5.91 Å². The monoisotopic (exact) mass is 537 g/mol. The van der Waals surface area contributed by atoms with Gasteiger partial charge in [-0.15, -0.1) is 11.3 Å². The molecule has 3 amide bonds. The Kier molecular flexibility index (Phi) is 9.53. The van der Waals surface area contributed by atoms with E-state index in [4.69, 9.17) is 10.5 Å². The predicted molar refractivity (Wildman–Crippen MR) is 149 cm³/mol. The number of carbonyl (C=O) groups is 3. The molecule has 1 aliphatic carbocycles. The molecule has 1 aromatic carbocycles. The van der Waals surface area contributed by atoms with Gasteiger partial charge >= 0.3 is 6.09 Å². The maximum atomic E-state index is 13.5. The highest BCUT2D eigenvalue weighted by Gasteiger charge is 2.23. The Morgan fingerprint density at radius 1 is 1.16 bits per heavy atom. The zero-order valence-corrected chi connectivity index (χ0v) is 22.5. The number of benzene rings is 1. The standard InChI is InChI=1S/C28H35N5O4S/c1-2-13-33(14-7-12-30-28(36)37-21-10-6-11-21)27(35)20-15-24-23(32-25(29)16-20)17-22(38-24)18-31-26(34)19-8-4-3-5-9-19/h3-5,8-9,15,17,21H,2,6-7,10-14,16,18H2,1H3,(H2,29,32)(H,30,36)(H,31,34). The minimum absolute atomic E-state index is 0.0465. The second kappa shape index (κ2) is 13.2. The van der Waals surface area contributed by atoms with Crippen molar-refractivity contribution in [1.82, 2.24) is 15.5 Å². The Morgan fingerprint density at radius 3 is 2.66 bits per heavy atom. The number of alkyl carbamates (subject to hydrolysis) is 1. The normalized spacial score (nSPS) is 14.8. The van der Waals surface area contributed by atoms with Crippen LogP contribution in [0.25, 0.3) is 6.08 Å². The van der Waals surface area contributed by atoms with Crippen molar-refractivity contribution in [3.63, 3.8) is 0 Å². The van der Waals surface area contributed by atoms with Crippen molar-refractivity contribution in [2.75, 3.05) is 19.6 Å². The lowest BCUT2D eigenvalue weighted by atomic mass is 9.96. The number of thiophene rings is 1. The summed E-state index contributed by atoms with van der Waals surface area (Å²) in [7, 11) is 0. The van der Waals surface area contributed by atoms with E-state index in [1.165, 1.54) is 11.3 Å². The number of aliphatic imine (C=N–C) groups is 1. The fourth-order valence-corrected chi connectivity index (χ4v) is 5.26. The van der Waals surface area contributed by atoms with Gasteiger partial charge in [-0.05, 0) is 56.4 Å². The highest BCUT2D eigenvalue weighted by Crippen LogP contribution is 2.35. The van der Waals surface area contributed by atoms with Crippen molar-refractivity contribution in [2.45, 2.75) is 58.1 Å². The van der Waals surface area contributed by atoms with Crippen LogP contribution in [0.15, 0.2) is 47.0 Å². The van der Waals surface area contributed by atoms with E-state index in [-0.39, 0.29) is 30.4 Å². The van der Waals surface area contributed by atoms with Crippen LogP contribution in [0.2, 0.25) is 0 Å². The van der Waals surface area contributed by atoms with E-state index in [1.807, 2.05) is 37.3 Å². The van der Waals surface area contributed by atoms with Crippen molar-refractivity contribution < 1.29 is 19.1 Å². The molecule has 4 N–H and O–H groups in total. The van der Waals surface area contributed by atoms with Crippen LogP contribution in [-0.2, 0) is 16.1 Å². The zero-order valence-electron chi connectivity index (χ0n) is 21.7. The van der Waals surface area contributed by atoms with Gasteiger partial charge in [0, 0.05) is 42.1 Å². The molecule has 1 aliphatic heterocycles. The van der Waals surface area contributed by atoms with E-state index >= 15 is 0 Å². The number of rotatable bonds is 11. The summed E-state index contributed by atoms with van der Waals surface area (Å²) >= 11 is 1.48. The van der Waals surface area contributed by atoms with E-state index < -0.39 is 0 Å². The molecule has 0 saturated heterocycles. The van der Waals surface area contributed by atoms with E-state index in [9.17, 15) is 14.4 Å². The highest BCUT2D eigenvalue weighted by molar-refractivity contribution is 7.13. The Morgan fingerprint density at radius 2 is 1.95 bits per heavy atom. The van der Waals surface area contributed by atoms with E-state index in [1.54, 1.807) is 17.0 Å². The maximum Gasteiger partial charge on any atom is 0.407 e. The molecular formula is C28H35N5O4S. The van der Waals surface area contributed by atoms with Crippen LogP contribution < -0.4 is 16.4 Å². The van der Waals surface area contributed by atoms with Crippen LogP contribution >= 0.6 is 11.3 Å². The Balaban J connectivity index is 1.36. The van der Waals surface area contributed by atoms with Gasteiger partial charge in [0.15, 0.2) is 0 Å². The van der Waals surface area contributed by atoms with Crippen LogP contribution in [0.4, 0.5) is 10.5 Å². The summed E-state index contributed by atoms with van der Waals surface area (Å²) in [4.78, 5) is 45.9. The molecule has 0 atom stereocenters. The SMILES string of the molecule is CCCN(CCCNC(=O)OC1CCC1)C(=O)C1=Cc2sc(CNC(=O)c3ccccc3)cc2N=C(N)C1. The third kappa shape index (κ3) is 7.44. The molecule has 9 nitrogen and oxygen atoms in total. The maximum absolute atomic E-state index is 13.5. The van der Waals surface area contributed by atoms with Crippen molar-refractivity contribution >= 4 is 46.8 Å².